The summed E-state index contributed by atoms with van der Waals surface area (Å²) in [6.07, 6.45) is 1.14. The SMILES string of the molecule is CCOC(=O)C1CC2(CCN(C(=O)OC(C)(C)C)CC2)C(OS(C)(=O)=O)N1. The Hall–Kier alpha value is -1.39. The van der Waals surface area contributed by atoms with Gasteiger partial charge in [0.15, 0.2) is 0 Å². The Kier molecular flexibility index (Phi) is 6.43. The summed E-state index contributed by atoms with van der Waals surface area (Å²) in [4.78, 5) is 26.0. The van der Waals surface area contributed by atoms with E-state index in [9.17, 15) is 18.0 Å². The minimum absolute atomic E-state index is 0.244. The standard InChI is InChI=1S/C17H30N2O7S/c1-6-24-13(20)12-11-17(14(18-12)26-27(5,22)23)7-9-19(10-8-17)15(21)25-16(2,3)4/h12,14,18H,6-11H2,1-5H3. The van der Waals surface area contributed by atoms with E-state index in [2.05, 4.69) is 5.32 Å². The predicted molar refractivity (Wildman–Crippen MR) is 97.4 cm³/mol. The number of esters is 1. The molecule has 1 spiro atoms. The number of nitrogens with zero attached hydrogens (tertiary/aromatic N) is 1. The molecule has 0 aromatic rings. The normalized spacial score (nSPS) is 25.4. The van der Waals surface area contributed by atoms with E-state index in [0.717, 1.165) is 6.26 Å². The average Bonchev–Trinajstić information content (AvgIpc) is 2.83. The Morgan fingerprint density at radius 2 is 1.81 bits per heavy atom. The molecule has 0 saturated carbocycles. The first-order valence-electron chi connectivity index (χ1n) is 9.14. The minimum atomic E-state index is -3.72. The van der Waals surface area contributed by atoms with E-state index >= 15 is 0 Å². The summed E-state index contributed by atoms with van der Waals surface area (Å²) in [5, 5.41) is 2.96. The van der Waals surface area contributed by atoms with Gasteiger partial charge < -0.3 is 14.4 Å². The van der Waals surface area contributed by atoms with Crippen LogP contribution >= 0.6 is 0 Å². The molecule has 0 aromatic carbocycles. The van der Waals surface area contributed by atoms with Gasteiger partial charge in [0.05, 0.1) is 12.9 Å². The minimum Gasteiger partial charge on any atom is -0.465 e. The molecule has 2 aliphatic heterocycles. The smallest absolute Gasteiger partial charge is 0.410 e. The van der Waals surface area contributed by atoms with Crippen LogP contribution in [0.1, 0.15) is 47.0 Å². The third kappa shape index (κ3) is 5.79. The van der Waals surface area contributed by atoms with Crippen molar-refractivity contribution in [2.75, 3.05) is 26.0 Å². The highest BCUT2D eigenvalue weighted by Crippen LogP contribution is 2.45. The van der Waals surface area contributed by atoms with Crippen LogP contribution in [0.3, 0.4) is 0 Å². The number of ether oxygens (including phenoxy) is 2. The van der Waals surface area contributed by atoms with Crippen LogP contribution < -0.4 is 5.32 Å². The first-order chi connectivity index (χ1) is 12.4. The summed E-state index contributed by atoms with van der Waals surface area (Å²) in [6, 6.07) is -0.634. The van der Waals surface area contributed by atoms with Crippen LogP contribution in [0.5, 0.6) is 0 Å². The second-order valence-electron chi connectivity index (χ2n) is 8.19. The molecule has 10 heteroatoms. The fourth-order valence-corrected chi connectivity index (χ4v) is 4.17. The molecular weight excluding hydrogens is 376 g/mol. The zero-order valence-corrected chi connectivity index (χ0v) is 17.4. The Morgan fingerprint density at radius 3 is 2.30 bits per heavy atom. The van der Waals surface area contributed by atoms with E-state index in [1.807, 2.05) is 0 Å². The second-order valence-corrected chi connectivity index (χ2v) is 9.79. The van der Waals surface area contributed by atoms with E-state index in [4.69, 9.17) is 13.7 Å². The van der Waals surface area contributed by atoms with Gasteiger partial charge in [-0.3, -0.25) is 14.3 Å². The molecule has 0 aromatic heterocycles. The first kappa shape index (κ1) is 21.9. The molecule has 0 aliphatic carbocycles. The molecule has 2 rings (SSSR count). The number of nitrogens with one attached hydrogen (secondary N) is 1. The highest BCUT2D eigenvalue weighted by atomic mass is 32.2. The highest BCUT2D eigenvalue weighted by Gasteiger charge is 2.53. The number of hydrogen-bond acceptors (Lipinski definition) is 8. The largest absolute Gasteiger partial charge is 0.465 e. The van der Waals surface area contributed by atoms with E-state index < -0.39 is 45.5 Å². The average molecular weight is 407 g/mol. The number of piperidine rings is 1. The topological polar surface area (TPSA) is 111 Å². The zero-order chi connectivity index (χ0) is 20.5. The lowest BCUT2D eigenvalue weighted by Crippen LogP contribution is -2.50. The third-order valence-electron chi connectivity index (χ3n) is 4.77. The van der Waals surface area contributed by atoms with E-state index in [0.29, 0.717) is 32.4 Å². The number of likely N-dealkylation sites (tertiary alicyclic amines) is 1. The molecule has 2 saturated heterocycles. The third-order valence-corrected chi connectivity index (χ3v) is 5.31. The molecule has 1 amide bonds. The molecule has 2 atom stereocenters. The number of carbonyl (C=O) groups excluding carboxylic acids is 2. The maximum atomic E-state index is 12.3. The number of rotatable bonds is 4. The van der Waals surface area contributed by atoms with Gasteiger partial charge in [-0.05, 0) is 47.0 Å². The maximum absolute atomic E-state index is 12.3. The number of hydrogen-bond donors (Lipinski definition) is 1. The predicted octanol–water partition coefficient (Wildman–Crippen LogP) is 1.23. The summed E-state index contributed by atoms with van der Waals surface area (Å²) in [7, 11) is -3.72. The first-order valence-corrected chi connectivity index (χ1v) is 11.0. The van der Waals surface area contributed by atoms with Crippen molar-refractivity contribution >= 4 is 22.2 Å². The van der Waals surface area contributed by atoms with Gasteiger partial charge in [0, 0.05) is 18.5 Å². The lowest BCUT2D eigenvalue weighted by atomic mass is 9.75. The number of carbonyl (C=O) groups is 2. The fraction of sp³-hybridized carbons (Fsp3) is 0.882. The van der Waals surface area contributed by atoms with Gasteiger partial charge >= 0.3 is 12.1 Å². The Labute approximate surface area is 160 Å². The molecule has 0 bridgehead atoms. The van der Waals surface area contributed by atoms with Gasteiger partial charge in [0.2, 0.25) is 0 Å². The molecule has 27 heavy (non-hydrogen) atoms. The maximum Gasteiger partial charge on any atom is 0.410 e. The molecule has 1 N–H and O–H groups in total. The van der Waals surface area contributed by atoms with Crippen molar-refractivity contribution in [3.05, 3.63) is 0 Å². The molecule has 9 nitrogen and oxygen atoms in total. The summed E-state index contributed by atoms with van der Waals surface area (Å²) in [5.41, 5.74) is -1.16. The Bertz CT molecular complexity index is 663. The van der Waals surface area contributed by atoms with Crippen LogP contribution in [0.4, 0.5) is 4.79 Å². The molecule has 2 unspecified atom stereocenters. The van der Waals surface area contributed by atoms with Crippen molar-refractivity contribution in [2.24, 2.45) is 5.41 Å². The van der Waals surface area contributed by atoms with Crippen molar-refractivity contribution in [3.63, 3.8) is 0 Å². The summed E-state index contributed by atoms with van der Waals surface area (Å²) in [5.74, 6) is -0.425. The lowest BCUT2D eigenvalue weighted by Gasteiger charge is -2.41. The van der Waals surface area contributed by atoms with E-state index in [1.165, 1.54) is 0 Å². The Balaban J connectivity index is 2.11. The number of amides is 1. The summed E-state index contributed by atoms with van der Waals surface area (Å²) >= 11 is 0. The van der Waals surface area contributed by atoms with Crippen molar-refractivity contribution in [1.82, 2.24) is 10.2 Å². The van der Waals surface area contributed by atoms with Gasteiger partial charge in [-0.15, -0.1) is 0 Å². The monoisotopic (exact) mass is 406 g/mol. The van der Waals surface area contributed by atoms with Gasteiger partial charge in [-0.1, -0.05) is 0 Å². The van der Waals surface area contributed by atoms with Crippen molar-refractivity contribution < 1.29 is 31.7 Å². The summed E-state index contributed by atoms with van der Waals surface area (Å²) < 4.78 is 39.1. The van der Waals surface area contributed by atoms with Crippen LogP contribution in [0, 0.1) is 5.41 Å². The van der Waals surface area contributed by atoms with Gasteiger partial charge in [-0.2, -0.15) is 8.42 Å². The van der Waals surface area contributed by atoms with Crippen LogP contribution in [-0.4, -0.2) is 69.2 Å². The van der Waals surface area contributed by atoms with E-state index in [1.54, 1.807) is 32.6 Å². The lowest BCUT2D eigenvalue weighted by molar-refractivity contribution is -0.145. The van der Waals surface area contributed by atoms with Crippen molar-refractivity contribution in [3.8, 4) is 0 Å². The van der Waals surface area contributed by atoms with Crippen LogP contribution in [0.2, 0.25) is 0 Å². The zero-order valence-electron chi connectivity index (χ0n) is 16.6. The Morgan fingerprint density at radius 1 is 1.22 bits per heavy atom. The molecule has 0 radical (unpaired) electrons. The van der Waals surface area contributed by atoms with Crippen LogP contribution in [0.15, 0.2) is 0 Å². The molecule has 2 fully saturated rings. The van der Waals surface area contributed by atoms with Crippen LogP contribution in [0.25, 0.3) is 0 Å². The van der Waals surface area contributed by atoms with Crippen molar-refractivity contribution in [2.45, 2.75) is 64.8 Å². The van der Waals surface area contributed by atoms with Crippen LogP contribution in [-0.2, 0) is 28.6 Å². The van der Waals surface area contributed by atoms with Gasteiger partial charge in [0.25, 0.3) is 10.1 Å². The quantitative estimate of drug-likeness (QED) is 0.548. The van der Waals surface area contributed by atoms with E-state index in [-0.39, 0.29) is 6.61 Å². The molecule has 2 aliphatic rings. The van der Waals surface area contributed by atoms with Crippen molar-refractivity contribution in [1.29, 1.82) is 0 Å². The molecule has 156 valence electrons. The molecular formula is C17H30N2O7S. The molecule has 2 heterocycles. The second kappa shape index (κ2) is 7.92. The summed E-state index contributed by atoms with van der Waals surface area (Å²) in [6.45, 7) is 8.16. The fourth-order valence-electron chi connectivity index (χ4n) is 3.56. The highest BCUT2D eigenvalue weighted by molar-refractivity contribution is 7.86. The van der Waals surface area contributed by atoms with Gasteiger partial charge in [-0.25, -0.2) is 4.79 Å². The van der Waals surface area contributed by atoms with Gasteiger partial charge in [0.1, 0.15) is 17.9 Å².